The zero-order chi connectivity index (χ0) is 17.2. The van der Waals surface area contributed by atoms with E-state index in [9.17, 15) is 4.79 Å². The highest BCUT2D eigenvalue weighted by molar-refractivity contribution is 6.02. The van der Waals surface area contributed by atoms with E-state index >= 15 is 0 Å². The molecule has 0 atom stereocenters. The van der Waals surface area contributed by atoms with Gasteiger partial charge < -0.3 is 14.8 Å². The summed E-state index contributed by atoms with van der Waals surface area (Å²) >= 11 is 0. The molecule has 0 saturated carbocycles. The van der Waals surface area contributed by atoms with Crippen LogP contribution in [0, 0.1) is 0 Å². The Labute approximate surface area is 143 Å². The fourth-order valence-electron chi connectivity index (χ4n) is 2.08. The molecule has 0 aliphatic rings. The van der Waals surface area contributed by atoms with E-state index in [1.807, 2.05) is 48.5 Å². The van der Waals surface area contributed by atoms with Crippen LogP contribution in [0.2, 0.25) is 0 Å². The van der Waals surface area contributed by atoms with Crippen molar-refractivity contribution in [3.8, 4) is 11.5 Å². The minimum absolute atomic E-state index is 0.197. The third-order valence-corrected chi connectivity index (χ3v) is 3.44. The molecule has 4 nitrogen and oxygen atoms in total. The lowest BCUT2D eigenvalue weighted by atomic mass is 10.2. The van der Waals surface area contributed by atoms with Gasteiger partial charge in [0.15, 0.2) is 0 Å². The van der Waals surface area contributed by atoms with E-state index in [4.69, 9.17) is 9.47 Å². The molecule has 0 aliphatic heterocycles. The third-order valence-electron chi connectivity index (χ3n) is 3.44. The fourth-order valence-corrected chi connectivity index (χ4v) is 2.08. The van der Waals surface area contributed by atoms with E-state index in [2.05, 4.69) is 12.2 Å². The van der Waals surface area contributed by atoms with Crippen molar-refractivity contribution in [3.63, 3.8) is 0 Å². The lowest BCUT2D eigenvalue weighted by Crippen LogP contribution is -2.09. The maximum atomic E-state index is 12.1. The summed E-state index contributed by atoms with van der Waals surface area (Å²) in [5.41, 5.74) is 1.61. The van der Waals surface area contributed by atoms with Gasteiger partial charge in [-0.15, -0.1) is 0 Å². The number of hydrogen-bond donors (Lipinski definition) is 1. The summed E-state index contributed by atoms with van der Waals surface area (Å²) in [4.78, 5) is 12.1. The normalized spacial score (nSPS) is 10.6. The summed E-state index contributed by atoms with van der Waals surface area (Å²) in [7, 11) is 1.62. The van der Waals surface area contributed by atoms with E-state index in [1.165, 1.54) is 6.08 Å². The van der Waals surface area contributed by atoms with Crippen LogP contribution in [0.25, 0.3) is 6.08 Å². The smallest absolute Gasteiger partial charge is 0.248 e. The first-order chi connectivity index (χ1) is 11.7. The van der Waals surface area contributed by atoms with Crippen LogP contribution in [0.15, 0.2) is 54.6 Å². The Morgan fingerprint density at radius 2 is 1.88 bits per heavy atom. The van der Waals surface area contributed by atoms with E-state index < -0.39 is 0 Å². The molecule has 0 aliphatic carbocycles. The maximum Gasteiger partial charge on any atom is 0.248 e. The number of carbonyl (C=O) groups excluding carboxylic acids is 1. The standard InChI is InChI=1S/C20H23NO3/c1-3-4-15-24-19-8-6-5-7-18(19)21-20(22)14-11-16-9-12-17(23-2)13-10-16/h5-14H,3-4,15H2,1-2H3,(H,21,22)/b14-11+. The number of carbonyl (C=O) groups is 1. The molecule has 24 heavy (non-hydrogen) atoms. The predicted molar refractivity (Wildman–Crippen MR) is 97.5 cm³/mol. The zero-order valence-corrected chi connectivity index (χ0v) is 14.1. The highest BCUT2D eigenvalue weighted by Crippen LogP contribution is 2.24. The Hall–Kier alpha value is -2.75. The van der Waals surface area contributed by atoms with Crippen molar-refractivity contribution >= 4 is 17.7 Å². The molecule has 0 bridgehead atoms. The number of nitrogens with one attached hydrogen (secondary N) is 1. The number of unbranched alkanes of at least 4 members (excludes halogenated alkanes) is 1. The molecule has 1 N–H and O–H groups in total. The van der Waals surface area contributed by atoms with Gasteiger partial charge in [-0.3, -0.25) is 4.79 Å². The number of methoxy groups -OCH3 is 1. The number of anilines is 1. The first kappa shape index (κ1) is 17.6. The van der Waals surface area contributed by atoms with Crippen molar-refractivity contribution in [3.05, 3.63) is 60.2 Å². The first-order valence-electron chi connectivity index (χ1n) is 8.08. The maximum absolute atomic E-state index is 12.1. The molecular formula is C20H23NO3. The van der Waals surface area contributed by atoms with Crippen LogP contribution >= 0.6 is 0 Å². The quantitative estimate of drug-likeness (QED) is 0.573. The van der Waals surface area contributed by atoms with E-state index in [0.29, 0.717) is 18.0 Å². The summed E-state index contributed by atoms with van der Waals surface area (Å²) in [5.74, 6) is 1.28. The van der Waals surface area contributed by atoms with E-state index in [1.54, 1.807) is 13.2 Å². The summed E-state index contributed by atoms with van der Waals surface area (Å²) in [6.07, 6.45) is 5.32. The predicted octanol–water partition coefficient (Wildman–Crippen LogP) is 4.53. The Balaban J connectivity index is 1.97. The number of rotatable bonds is 8. The van der Waals surface area contributed by atoms with Gasteiger partial charge in [-0.05, 0) is 42.3 Å². The summed E-state index contributed by atoms with van der Waals surface area (Å²) in [6, 6.07) is 15.0. The zero-order valence-electron chi connectivity index (χ0n) is 14.1. The Kier molecular flexibility index (Phi) is 6.90. The lowest BCUT2D eigenvalue weighted by Gasteiger charge is -2.11. The van der Waals surface area contributed by atoms with Gasteiger partial charge in [-0.1, -0.05) is 37.6 Å². The molecule has 0 aromatic heterocycles. The largest absolute Gasteiger partial charge is 0.497 e. The monoisotopic (exact) mass is 325 g/mol. The highest BCUT2D eigenvalue weighted by Gasteiger charge is 2.05. The molecular weight excluding hydrogens is 302 g/mol. The Morgan fingerprint density at radius 1 is 1.12 bits per heavy atom. The average molecular weight is 325 g/mol. The molecule has 1 amide bonds. The molecule has 4 heteroatoms. The highest BCUT2D eigenvalue weighted by atomic mass is 16.5. The third kappa shape index (κ3) is 5.47. The van der Waals surface area contributed by atoms with Gasteiger partial charge in [0.05, 0.1) is 19.4 Å². The minimum atomic E-state index is -0.197. The van der Waals surface area contributed by atoms with Crippen molar-refractivity contribution in [1.29, 1.82) is 0 Å². The second-order valence-electron chi connectivity index (χ2n) is 5.29. The fraction of sp³-hybridized carbons (Fsp3) is 0.250. The topological polar surface area (TPSA) is 47.6 Å². The van der Waals surface area contributed by atoms with Crippen LogP contribution in [0.4, 0.5) is 5.69 Å². The van der Waals surface area contributed by atoms with Gasteiger partial charge in [-0.25, -0.2) is 0 Å². The second-order valence-corrected chi connectivity index (χ2v) is 5.29. The first-order valence-corrected chi connectivity index (χ1v) is 8.08. The van der Waals surface area contributed by atoms with Crippen LogP contribution in [0.5, 0.6) is 11.5 Å². The molecule has 2 rings (SSSR count). The summed E-state index contributed by atoms with van der Waals surface area (Å²) in [5, 5.41) is 2.85. The van der Waals surface area contributed by atoms with Crippen LogP contribution in [-0.2, 0) is 4.79 Å². The van der Waals surface area contributed by atoms with Gasteiger partial charge in [0, 0.05) is 6.08 Å². The summed E-state index contributed by atoms with van der Waals surface area (Å²) in [6.45, 7) is 2.76. The molecule has 126 valence electrons. The van der Waals surface area contributed by atoms with Crippen molar-refractivity contribution in [2.24, 2.45) is 0 Å². The minimum Gasteiger partial charge on any atom is -0.497 e. The van der Waals surface area contributed by atoms with Crippen LogP contribution < -0.4 is 14.8 Å². The molecule has 0 spiro atoms. The molecule has 0 fully saturated rings. The molecule has 2 aromatic carbocycles. The lowest BCUT2D eigenvalue weighted by molar-refractivity contribution is -0.111. The molecule has 0 saturated heterocycles. The van der Waals surface area contributed by atoms with Gasteiger partial charge in [0.2, 0.25) is 5.91 Å². The number of ether oxygens (including phenoxy) is 2. The van der Waals surface area contributed by atoms with E-state index in [-0.39, 0.29) is 5.91 Å². The van der Waals surface area contributed by atoms with Gasteiger partial charge >= 0.3 is 0 Å². The molecule has 2 aromatic rings. The van der Waals surface area contributed by atoms with Crippen molar-refractivity contribution in [2.45, 2.75) is 19.8 Å². The number of benzene rings is 2. The second kappa shape index (κ2) is 9.40. The molecule has 0 unspecified atom stereocenters. The van der Waals surface area contributed by atoms with Crippen molar-refractivity contribution in [1.82, 2.24) is 0 Å². The van der Waals surface area contributed by atoms with Gasteiger partial charge in [0.25, 0.3) is 0 Å². The van der Waals surface area contributed by atoms with Crippen LogP contribution in [0.3, 0.4) is 0 Å². The summed E-state index contributed by atoms with van der Waals surface area (Å²) < 4.78 is 10.8. The van der Waals surface area contributed by atoms with E-state index in [0.717, 1.165) is 24.2 Å². The van der Waals surface area contributed by atoms with Crippen molar-refractivity contribution in [2.75, 3.05) is 19.0 Å². The Bertz CT molecular complexity index is 678. The Morgan fingerprint density at radius 3 is 2.58 bits per heavy atom. The van der Waals surface area contributed by atoms with Crippen LogP contribution in [0.1, 0.15) is 25.3 Å². The number of para-hydroxylation sites is 2. The number of amides is 1. The molecule has 0 radical (unpaired) electrons. The SMILES string of the molecule is CCCCOc1ccccc1NC(=O)/C=C/c1ccc(OC)cc1. The van der Waals surface area contributed by atoms with Gasteiger partial charge in [0.1, 0.15) is 11.5 Å². The van der Waals surface area contributed by atoms with Crippen molar-refractivity contribution < 1.29 is 14.3 Å². The van der Waals surface area contributed by atoms with Gasteiger partial charge in [-0.2, -0.15) is 0 Å². The van der Waals surface area contributed by atoms with Crippen LogP contribution in [-0.4, -0.2) is 19.6 Å². The average Bonchev–Trinajstić information content (AvgIpc) is 2.62. The molecule has 0 heterocycles. The number of hydrogen-bond acceptors (Lipinski definition) is 3.